The molecule has 0 aliphatic carbocycles. The molecule has 6 aromatic rings. The van der Waals surface area contributed by atoms with Crippen molar-refractivity contribution in [2.75, 3.05) is 36.4 Å². The fourth-order valence-electron chi connectivity index (χ4n) is 4.98. The van der Waals surface area contributed by atoms with Crippen molar-refractivity contribution in [3.05, 3.63) is 83.9 Å². The van der Waals surface area contributed by atoms with Crippen molar-refractivity contribution < 1.29 is 38.9 Å². The fraction of sp³-hybridized carbons (Fsp3) is 0.118. The van der Waals surface area contributed by atoms with Crippen molar-refractivity contribution in [1.29, 1.82) is 0 Å². The molecule has 0 aliphatic rings. The lowest BCUT2D eigenvalue weighted by Crippen LogP contribution is -2.17. The van der Waals surface area contributed by atoms with Crippen LogP contribution in [0, 0.1) is 0 Å². The van der Waals surface area contributed by atoms with Gasteiger partial charge in [-0.2, -0.15) is 0 Å². The molecule has 4 aromatic carbocycles. The summed E-state index contributed by atoms with van der Waals surface area (Å²) in [5.41, 5.74) is 3.47. The van der Waals surface area contributed by atoms with Crippen LogP contribution < -0.4 is 20.1 Å². The largest absolute Gasteiger partial charge is 0.497 e. The Labute approximate surface area is 292 Å². The summed E-state index contributed by atoms with van der Waals surface area (Å²) >= 11 is 2.30. The van der Waals surface area contributed by atoms with Crippen molar-refractivity contribution >= 4 is 80.7 Å². The van der Waals surface area contributed by atoms with Gasteiger partial charge >= 0.3 is 11.9 Å². The molecule has 2 aromatic heterocycles. The van der Waals surface area contributed by atoms with E-state index in [0.29, 0.717) is 44.0 Å². The average molecular weight is 713 g/mol. The van der Waals surface area contributed by atoms with E-state index in [1.807, 2.05) is 0 Å². The van der Waals surface area contributed by atoms with Crippen LogP contribution >= 0.6 is 23.5 Å². The van der Waals surface area contributed by atoms with E-state index in [-0.39, 0.29) is 34.0 Å². The highest BCUT2D eigenvalue weighted by Crippen LogP contribution is 2.30. The SMILES string of the molecule is COc1ccc2nc(SCC(=O)Nc3ccc(-c4ccc(NC(=O)CSc5nc6ccc(OC)cc6[nH]5)c(C(=O)O)c4)cc3C(=O)O)[nH]c2c1. The first-order valence-corrected chi connectivity index (χ1v) is 16.7. The van der Waals surface area contributed by atoms with Crippen LogP contribution in [0.2, 0.25) is 0 Å². The topological polar surface area (TPSA) is 209 Å². The number of hydrogen-bond acceptors (Lipinski definition) is 10. The zero-order valence-corrected chi connectivity index (χ0v) is 28.0. The maximum absolute atomic E-state index is 12.8. The molecule has 0 bridgehead atoms. The van der Waals surface area contributed by atoms with E-state index in [2.05, 4.69) is 30.6 Å². The van der Waals surface area contributed by atoms with Crippen molar-refractivity contribution in [2.45, 2.75) is 10.3 Å². The maximum Gasteiger partial charge on any atom is 0.337 e. The predicted molar refractivity (Wildman–Crippen MR) is 190 cm³/mol. The Morgan fingerprint density at radius 3 is 1.44 bits per heavy atom. The highest BCUT2D eigenvalue weighted by Gasteiger charge is 2.19. The molecule has 14 nitrogen and oxygen atoms in total. The normalized spacial score (nSPS) is 11.0. The van der Waals surface area contributed by atoms with Gasteiger partial charge < -0.3 is 40.3 Å². The lowest BCUT2D eigenvalue weighted by Gasteiger charge is -2.13. The van der Waals surface area contributed by atoms with Gasteiger partial charge in [-0.15, -0.1) is 0 Å². The highest BCUT2D eigenvalue weighted by atomic mass is 32.2. The number of thioether (sulfide) groups is 2. The Hall–Kier alpha value is -6.00. The summed E-state index contributed by atoms with van der Waals surface area (Å²) in [6, 6.07) is 19.4. The molecule has 0 aliphatic heterocycles. The Morgan fingerprint density at radius 2 is 1.06 bits per heavy atom. The lowest BCUT2D eigenvalue weighted by molar-refractivity contribution is -0.114. The van der Waals surface area contributed by atoms with Crippen molar-refractivity contribution in [3.63, 3.8) is 0 Å². The molecule has 0 radical (unpaired) electrons. The van der Waals surface area contributed by atoms with Gasteiger partial charge in [0, 0.05) is 12.1 Å². The summed E-state index contributed by atoms with van der Waals surface area (Å²) in [7, 11) is 3.12. The Kier molecular flexibility index (Phi) is 9.92. The highest BCUT2D eigenvalue weighted by molar-refractivity contribution is 8.00. The minimum absolute atomic E-state index is 0.0427. The number of rotatable bonds is 13. The number of methoxy groups -OCH3 is 2. The second kappa shape index (κ2) is 14.6. The van der Waals surface area contributed by atoms with Crippen molar-refractivity contribution in [2.24, 2.45) is 0 Å². The third kappa shape index (κ3) is 7.66. The van der Waals surface area contributed by atoms with E-state index in [9.17, 15) is 29.4 Å². The van der Waals surface area contributed by atoms with Gasteiger partial charge in [0.15, 0.2) is 10.3 Å². The Morgan fingerprint density at radius 1 is 0.640 bits per heavy atom. The van der Waals surface area contributed by atoms with Crippen LogP contribution in [-0.4, -0.2) is 79.6 Å². The first kappa shape index (κ1) is 33.9. The summed E-state index contributed by atoms with van der Waals surface area (Å²) in [4.78, 5) is 65.0. The van der Waals surface area contributed by atoms with Crippen LogP contribution in [0.1, 0.15) is 20.7 Å². The van der Waals surface area contributed by atoms with E-state index >= 15 is 0 Å². The van der Waals surface area contributed by atoms with E-state index in [1.165, 1.54) is 24.3 Å². The monoisotopic (exact) mass is 712 g/mol. The molecule has 0 saturated carbocycles. The summed E-state index contributed by atoms with van der Waals surface area (Å²) < 4.78 is 10.4. The summed E-state index contributed by atoms with van der Waals surface area (Å²) in [6.45, 7) is 0. The van der Waals surface area contributed by atoms with Crippen LogP contribution in [0.25, 0.3) is 33.2 Å². The Balaban J connectivity index is 1.11. The Bertz CT molecular complexity index is 2130. The van der Waals surface area contributed by atoms with Crippen LogP contribution in [0.5, 0.6) is 11.5 Å². The van der Waals surface area contributed by atoms with E-state index < -0.39 is 23.8 Å². The second-order valence-corrected chi connectivity index (χ2v) is 12.6. The standard InChI is InChI=1S/C34H28N6O8S2/c1-47-19-5-9-25-27(13-19)39-33(37-25)49-15-29(41)35-23-7-3-17(11-21(23)31(43)44)18-4-8-24(22(12-18)32(45)46)36-30(42)16-50-34-38-26-10-6-20(48-2)14-28(26)40-34/h3-14H,15-16H2,1-2H3,(H,35,41)(H,36,42)(H,37,39)(H,38,40)(H,43,44)(H,45,46). The number of H-pyrrole nitrogens is 2. The number of aromatic carboxylic acids is 2. The molecule has 16 heteroatoms. The molecule has 0 unspecified atom stereocenters. The molecule has 0 saturated heterocycles. The van der Waals surface area contributed by atoms with Gasteiger partial charge in [0.05, 0.1) is 70.3 Å². The zero-order chi connectivity index (χ0) is 35.4. The van der Waals surface area contributed by atoms with Gasteiger partial charge in [0.25, 0.3) is 0 Å². The number of ether oxygens (including phenoxy) is 2. The number of aromatic nitrogens is 4. The summed E-state index contributed by atoms with van der Waals surface area (Å²) in [5.74, 6) is -2.23. The van der Waals surface area contributed by atoms with Gasteiger partial charge in [0.1, 0.15) is 11.5 Å². The number of nitrogens with one attached hydrogen (secondary N) is 4. The third-order valence-corrected chi connectivity index (χ3v) is 9.14. The molecule has 254 valence electrons. The number of carboxylic acids is 2. The number of benzene rings is 4. The predicted octanol–water partition coefficient (Wildman–Crippen LogP) is 5.98. The molecule has 2 amide bonds. The molecule has 50 heavy (non-hydrogen) atoms. The molecule has 6 N–H and O–H groups in total. The number of imidazole rings is 2. The van der Waals surface area contributed by atoms with E-state index in [1.54, 1.807) is 62.8 Å². The molecular formula is C34H28N6O8S2. The lowest BCUT2D eigenvalue weighted by atomic mass is 9.99. The van der Waals surface area contributed by atoms with Gasteiger partial charge in [-0.25, -0.2) is 19.6 Å². The minimum Gasteiger partial charge on any atom is -0.497 e. The first-order valence-electron chi connectivity index (χ1n) is 14.8. The smallest absolute Gasteiger partial charge is 0.337 e. The number of hydrogen-bond donors (Lipinski definition) is 6. The van der Waals surface area contributed by atoms with Crippen LogP contribution in [-0.2, 0) is 9.59 Å². The number of anilines is 2. The van der Waals surface area contributed by atoms with Gasteiger partial charge in [-0.3, -0.25) is 9.59 Å². The number of carbonyl (C=O) groups is 4. The number of nitrogens with zero attached hydrogens (tertiary/aromatic N) is 2. The number of fused-ring (bicyclic) bond motifs is 2. The molecule has 6 rings (SSSR count). The van der Waals surface area contributed by atoms with Gasteiger partial charge in [0.2, 0.25) is 11.8 Å². The molecule has 0 atom stereocenters. The third-order valence-electron chi connectivity index (χ3n) is 7.40. The van der Waals surface area contributed by atoms with Crippen molar-refractivity contribution in [1.82, 2.24) is 19.9 Å². The average Bonchev–Trinajstić information content (AvgIpc) is 3.72. The quantitative estimate of drug-likeness (QED) is 0.0764. The molecular weight excluding hydrogens is 685 g/mol. The van der Waals surface area contributed by atoms with Crippen LogP contribution in [0.3, 0.4) is 0 Å². The minimum atomic E-state index is -1.29. The molecule has 2 heterocycles. The zero-order valence-electron chi connectivity index (χ0n) is 26.4. The van der Waals surface area contributed by atoms with E-state index in [4.69, 9.17) is 9.47 Å². The number of aromatic amines is 2. The van der Waals surface area contributed by atoms with E-state index in [0.717, 1.165) is 34.6 Å². The summed E-state index contributed by atoms with van der Waals surface area (Å²) in [6.07, 6.45) is 0. The maximum atomic E-state index is 12.8. The fourth-order valence-corrected chi connectivity index (χ4v) is 6.35. The second-order valence-electron chi connectivity index (χ2n) is 10.7. The van der Waals surface area contributed by atoms with Gasteiger partial charge in [-0.05, 0) is 59.7 Å². The molecule has 0 fully saturated rings. The molecule has 0 spiro atoms. The van der Waals surface area contributed by atoms with Crippen LogP contribution in [0.4, 0.5) is 11.4 Å². The van der Waals surface area contributed by atoms with Gasteiger partial charge in [-0.1, -0.05) is 35.7 Å². The van der Waals surface area contributed by atoms with Crippen molar-refractivity contribution in [3.8, 4) is 22.6 Å². The number of amides is 2. The number of carboxylic acid groups (broad SMARTS) is 2. The first-order chi connectivity index (χ1) is 24.1. The van der Waals surface area contributed by atoms with Crippen LogP contribution in [0.15, 0.2) is 83.1 Å². The summed E-state index contributed by atoms with van der Waals surface area (Å²) in [5, 5.41) is 26.1. The number of carbonyl (C=O) groups excluding carboxylic acids is 2.